The molecular weight excluding hydrogens is 258 g/mol. The van der Waals surface area contributed by atoms with Crippen LogP contribution < -0.4 is 5.32 Å². The molecule has 2 heterocycles. The van der Waals surface area contributed by atoms with Gasteiger partial charge >= 0.3 is 0 Å². The van der Waals surface area contributed by atoms with Crippen LogP contribution in [0.15, 0.2) is 48.7 Å². The lowest BCUT2D eigenvalue weighted by atomic mass is 10.2. The third-order valence-electron chi connectivity index (χ3n) is 3.07. The molecule has 0 fully saturated rings. The van der Waals surface area contributed by atoms with Gasteiger partial charge in [-0.05, 0) is 43.4 Å². The molecule has 3 nitrogen and oxygen atoms in total. The standard InChI is InChI=1S/C15H14ClN3/c1-17-10-13-14-4-2-3-9-19(14)15(18-13)11-5-7-12(16)8-6-11/h2-9,17H,10H2,1H3. The summed E-state index contributed by atoms with van der Waals surface area (Å²) in [6.45, 7) is 0.751. The number of nitrogens with one attached hydrogen (secondary N) is 1. The van der Waals surface area contributed by atoms with E-state index in [1.807, 2.05) is 49.6 Å². The summed E-state index contributed by atoms with van der Waals surface area (Å²) < 4.78 is 2.11. The second-order valence-corrected chi connectivity index (χ2v) is 4.81. The molecule has 0 unspecified atom stereocenters. The van der Waals surface area contributed by atoms with Gasteiger partial charge in [0.05, 0.1) is 11.2 Å². The maximum absolute atomic E-state index is 5.94. The van der Waals surface area contributed by atoms with Crippen LogP contribution in [-0.2, 0) is 6.54 Å². The third-order valence-corrected chi connectivity index (χ3v) is 3.32. The Morgan fingerprint density at radius 3 is 2.68 bits per heavy atom. The van der Waals surface area contributed by atoms with Crippen molar-refractivity contribution in [1.29, 1.82) is 0 Å². The van der Waals surface area contributed by atoms with Crippen molar-refractivity contribution in [3.8, 4) is 11.4 Å². The quantitative estimate of drug-likeness (QED) is 0.791. The van der Waals surface area contributed by atoms with Crippen LogP contribution in [0.2, 0.25) is 5.02 Å². The molecule has 0 atom stereocenters. The molecule has 96 valence electrons. The molecule has 0 amide bonds. The molecule has 1 N–H and O–H groups in total. The van der Waals surface area contributed by atoms with Crippen LogP contribution in [-0.4, -0.2) is 16.4 Å². The zero-order valence-electron chi connectivity index (χ0n) is 10.6. The average molecular weight is 272 g/mol. The number of hydrogen-bond acceptors (Lipinski definition) is 2. The summed E-state index contributed by atoms with van der Waals surface area (Å²) in [6.07, 6.45) is 2.03. The van der Waals surface area contributed by atoms with Gasteiger partial charge in [0.1, 0.15) is 5.82 Å². The van der Waals surface area contributed by atoms with E-state index < -0.39 is 0 Å². The van der Waals surface area contributed by atoms with Crippen molar-refractivity contribution < 1.29 is 0 Å². The van der Waals surface area contributed by atoms with Crippen LogP contribution in [0.1, 0.15) is 5.69 Å². The first-order chi connectivity index (χ1) is 9.29. The van der Waals surface area contributed by atoms with E-state index in [4.69, 9.17) is 16.6 Å². The number of hydrogen-bond donors (Lipinski definition) is 1. The molecule has 0 aliphatic heterocycles. The fraction of sp³-hybridized carbons (Fsp3) is 0.133. The number of rotatable bonds is 3. The molecule has 1 aromatic carbocycles. The number of benzene rings is 1. The number of aromatic nitrogens is 2. The number of pyridine rings is 1. The van der Waals surface area contributed by atoms with E-state index in [9.17, 15) is 0 Å². The zero-order chi connectivity index (χ0) is 13.2. The predicted octanol–water partition coefficient (Wildman–Crippen LogP) is 3.37. The minimum absolute atomic E-state index is 0.736. The molecule has 0 saturated carbocycles. The highest BCUT2D eigenvalue weighted by atomic mass is 35.5. The summed E-state index contributed by atoms with van der Waals surface area (Å²) in [5.74, 6) is 0.942. The average Bonchev–Trinajstić information content (AvgIpc) is 2.80. The van der Waals surface area contributed by atoms with E-state index in [1.165, 1.54) is 0 Å². The van der Waals surface area contributed by atoms with E-state index >= 15 is 0 Å². The minimum Gasteiger partial charge on any atom is -0.314 e. The van der Waals surface area contributed by atoms with E-state index in [-0.39, 0.29) is 0 Å². The number of nitrogens with zero attached hydrogens (tertiary/aromatic N) is 2. The molecule has 0 aliphatic carbocycles. The van der Waals surface area contributed by atoms with Crippen molar-refractivity contribution in [2.45, 2.75) is 6.54 Å². The monoisotopic (exact) mass is 271 g/mol. The van der Waals surface area contributed by atoms with Gasteiger partial charge in [0.25, 0.3) is 0 Å². The summed E-state index contributed by atoms with van der Waals surface area (Å²) in [4.78, 5) is 4.74. The molecule has 19 heavy (non-hydrogen) atoms. The third kappa shape index (κ3) is 2.23. The highest BCUT2D eigenvalue weighted by molar-refractivity contribution is 6.30. The van der Waals surface area contributed by atoms with Gasteiger partial charge in [-0.2, -0.15) is 0 Å². The first-order valence-corrected chi connectivity index (χ1v) is 6.54. The smallest absolute Gasteiger partial charge is 0.144 e. The van der Waals surface area contributed by atoms with Crippen molar-refractivity contribution in [3.05, 3.63) is 59.4 Å². The molecular formula is C15H14ClN3. The Labute approximate surface area is 116 Å². The summed E-state index contributed by atoms with van der Waals surface area (Å²) >= 11 is 5.94. The molecule has 4 heteroatoms. The van der Waals surface area contributed by atoms with Gasteiger partial charge in [0.15, 0.2) is 0 Å². The Balaban J connectivity index is 2.20. The second kappa shape index (κ2) is 5.03. The van der Waals surface area contributed by atoms with Crippen LogP contribution in [0.5, 0.6) is 0 Å². The number of imidazole rings is 1. The van der Waals surface area contributed by atoms with E-state index in [0.717, 1.165) is 34.2 Å². The van der Waals surface area contributed by atoms with E-state index in [0.29, 0.717) is 0 Å². The topological polar surface area (TPSA) is 29.3 Å². The normalized spacial score (nSPS) is 11.1. The maximum atomic E-state index is 5.94. The maximum Gasteiger partial charge on any atom is 0.144 e. The van der Waals surface area contributed by atoms with Crippen LogP contribution >= 0.6 is 11.6 Å². The SMILES string of the molecule is CNCc1nc(-c2ccc(Cl)cc2)n2ccccc12. The Morgan fingerprint density at radius 2 is 1.95 bits per heavy atom. The van der Waals surface area contributed by atoms with Gasteiger partial charge in [-0.1, -0.05) is 17.7 Å². The lowest BCUT2D eigenvalue weighted by Gasteiger charge is -2.01. The molecule has 2 aromatic heterocycles. The summed E-state index contributed by atoms with van der Waals surface area (Å²) in [6, 6.07) is 13.9. The fourth-order valence-corrected chi connectivity index (χ4v) is 2.33. The minimum atomic E-state index is 0.736. The lowest BCUT2D eigenvalue weighted by molar-refractivity contribution is 0.803. The van der Waals surface area contributed by atoms with Gasteiger partial charge < -0.3 is 5.32 Å². The summed E-state index contributed by atoms with van der Waals surface area (Å²) in [5.41, 5.74) is 3.24. The molecule has 0 spiro atoms. The van der Waals surface area contributed by atoms with Crippen molar-refractivity contribution in [3.63, 3.8) is 0 Å². The van der Waals surface area contributed by atoms with Gasteiger partial charge in [0.2, 0.25) is 0 Å². The predicted molar refractivity (Wildman–Crippen MR) is 78.4 cm³/mol. The van der Waals surface area contributed by atoms with Crippen molar-refractivity contribution in [2.24, 2.45) is 0 Å². The van der Waals surface area contributed by atoms with Gasteiger partial charge in [0, 0.05) is 23.3 Å². The van der Waals surface area contributed by atoms with Crippen LogP contribution in [0.3, 0.4) is 0 Å². The zero-order valence-corrected chi connectivity index (χ0v) is 11.4. The molecule has 3 aromatic rings. The van der Waals surface area contributed by atoms with Gasteiger partial charge in [-0.15, -0.1) is 0 Å². The number of fused-ring (bicyclic) bond motifs is 1. The van der Waals surface area contributed by atoms with Crippen molar-refractivity contribution >= 4 is 17.1 Å². The molecule has 0 radical (unpaired) electrons. The van der Waals surface area contributed by atoms with Crippen molar-refractivity contribution in [1.82, 2.24) is 14.7 Å². The van der Waals surface area contributed by atoms with E-state index in [2.05, 4.69) is 15.8 Å². The van der Waals surface area contributed by atoms with Crippen LogP contribution in [0.25, 0.3) is 16.9 Å². The first kappa shape index (κ1) is 12.2. The van der Waals surface area contributed by atoms with Crippen LogP contribution in [0.4, 0.5) is 0 Å². The Morgan fingerprint density at radius 1 is 1.16 bits per heavy atom. The lowest BCUT2D eigenvalue weighted by Crippen LogP contribution is -2.05. The Kier molecular flexibility index (Phi) is 3.23. The molecule has 0 saturated heterocycles. The fourth-order valence-electron chi connectivity index (χ4n) is 2.20. The molecule has 3 rings (SSSR count). The Hall–Kier alpha value is -1.84. The summed E-state index contributed by atoms with van der Waals surface area (Å²) in [5, 5.41) is 3.89. The molecule has 0 aliphatic rings. The van der Waals surface area contributed by atoms with E-state index in [1.54, 1.807) is 0 Å². The second-order valence-electron chi connectivity index (χ2n) is 4.38. The highest BCUT2D eigenvalue weighted by Crippen LogP contribution is 2.24. The van der Waals surface area contributed by atoms with Crippen molar-refractivity contribution in [2.75, 3.05) is 7.05 Å². The van der Waals surface area contributed by atoms with Gasteiger partial charge in [-0.3, -0.25) is 4.40 Å². The number of halogens is 1. The van der Waals surface area contributed by atoms with Gasteiger partial charge in [-0.25, -0.2) is 4.98 Å². The largest absolute Gasteiger partial charge is 0.314 e. The van der Waals surface area contributed by atoms with Crippen LogP contribution in [0, 0.1) is 0 Å². The Bertz CT molecular complexity index is 701. The summed E-state index contributed by atoms with van der Waals surface area (Å²) in [7, 11) is 1.93. The molecule has 0 bridgehead atoms. The first-order valence-electron chi connectivity index (χ1n) is 6.16. The highest BCUT2D eigenvalue weighted by Gasteiger charge is 2.11.